The van der Waals surface area contributed by atoms with Crippen LogP contribution >= 0.6 is 0 Å². The van der Waals surface area contributed by atoms with E-state index in [1.54, 1.807) is 20.3 Å². The zero-order valence-electron chi connectivity index (χ0n) is 17.7. The third-order valence-electron chi connectivity index (χ3n) is 5.75. The van der Waals surface area contributed by atoms with E-state index >= 15 is 0 Å². The fourth-order valence-corrected chi connectivity index (χ4v) is 4.27. The second kappa shape index (κ2) is 8.97. The van der Waals surface area contributed by atoms with Gasteiger partial charge in [0.05, 0.1) is 19.8 Å². The van der Waals surface area contributed by atoms with Crippen molar-refractivity contribution < 1.29 is 13.9 Å². The summed E-state index contributed by atoms with van der Waals surface area (Å²) in [6.07, 6.45) is 1.99. The lowest BCUT2D eigenvalue weighted by Gasteiger charge is -2.35. The maximum absolute atomic E-state index is 12.7. The van der Waals surface area contributed by atoms with Gasteiger partial charge >= 0.3 is 5.63 Å². The molecule has 28 heavy (non-hydrogen) atoms. The van der Waals surface area contributed by atoms with Crippen LogP contribution in [0.2, 0.25) is 0 Å². The van der Waals surface area contributed by atoms with E-state index in [9.17, 15) is 4.79 Å². The number of fused-ring (bicyclic) bond motifs is 3. The van der Waals surface area contributed by atoms with E-state index < -0.39 is 0 Å². The third kappa shape index (κ3) is 4.03. The van der Waals surface area contributed by atoms with Crippen LogP contribution in [0.1, 0.15) is 38.3 Å². The van der Waals surface area contributed by atoms with Crippen molar-refractivity contribution in [1.82, 2.24) is 9.80 Å². The first-order valence-electron chi connectivity index (χ1n) is 10.2. The molecule has 0 fully saturated rings. The van der Waals surface area contributed by atoms with E-state index in [1.165, 1.54) is 0 Å². The molecule has 0 amide bonds. The fourth-order valence-electron chi connectivity index (χ4n) is 4.27. The molecule has 0 aliphatic carbocycles. The van der Waals surface area contributed by atoms with Crippen LogP contribution in [0.15, 0.2) is 21.3 Å². The monoisotopic (exact) mass is 388 g/mol. The summed E-state index contributed by atoms with van der Waals surface area (Å²) in [6.45, 7) is 11.4. The van der Waals surface area contributed by atoms with Crippen molar-refractivity contribution in [2.45, 2.75) is 46.2 Å². The quantitative estimate of drug-likeness (QED) is 0.647. The van der Waals surface area contributed by atoms with Gasteiger partial charge in [0, 0.05) is 37.1 Å². The Kier molecular flexibility index (Phi) is 6.62. The van der Waals surface area contributed by atoms with Crippen LogP contribution in [0.5, 0.6) is 11.5 Å². The highest BCUT2D eigenvalue weighted by Gasteiger charge is 2.25. The molecule has 2 heterocycles. The Bertz CT molecular complexity index is 877. The van der Waals surface area contributed by atoms with E-state index in [1.807, 2.05) is 6.07 Å². The van der Waals surface area contributed by atoms with E-state index in [0.29, 0.717) is 29.7 Å². The number of hydrogen-bond donors (Lipinski definition) is 0. The van der Waals surface area contributed by atoms with Gasteiger partial charge in [0.25, 0.3) is 0 Å². The van der Waals surface area contributed by atoms with Gasteiger partial charge in [-0.2, -0.15) is 0 Å². The summed E-state index contributed by atoms with van der Waals surface area (Å²) >= 11 is 0. The Hall–Kier alpha value is -2.05. The minimum Gasteiger partial charge on any atom is -0.493 e. The molecular formula is C22H32N2O4. The lowest BCUT2D eigenvalue weighted by molar-refractivity contribution is 0.144. The maximum atomic E-state index is 12.7. The molecule has 6 heteroatoms. The smallest absolute Gasteiger partial charge is 0.341 e. The van der Waals surface area contributed by atoms with Gasteiger partial charge in [0.15, 0.2) is 11.5 Å². The SMILES string of the molecule is CCCN(CC)C(C)CN1CCc2c(c(=O)oc3cc(OC)c(OC)cc23)C1. The Balaban J connectivity index is 1.89. The van der Waals surface area contributed by atoms with Gasteiger partial charge in [0.1, 0.15) is 5.58 Å². The minimum atomic E-state index is -0.243. The van der Waals surface area contributed by atoms with E-state index in [0.717, 1.165) is 55.5 Å². The predicted molar refractivity (Wildman–Crippen MR) is 112 cm³/mol. The molecule has 1 aliphatic heterocycles. The van der Waals surface area contributed by atoms with Crippen molar-refractivity contribution >= 4 is 11.0 Å². The number of nitrogens with zero attached hydrogens (tertiary/aromatic N) is 2. The van der Waals surface area contributed by atoms with Crippen molar-refractivity contribution in [2.24, 2.45) is 0 Å². The maximum Gasteiger partial charge on any atom is 0.341 e. The van der Waals surface area contributed by atoms with Crippen molar-refractivity contribution in [2.75, 3.05) is 40.4 Å². The fraction of sp³-hybridized carbons (Fsp3) is 0.591. The van der Waals surface area contributed by atoms with Crippen LogP contribution in [0.4, 0.5) is 0 Å². The van der Waals surface area contributed by atoms with Crippen molar-refractivity contribution in [1.29, 1.82) is 0 Å². The van der Waals surface area contributed by atoms with Gasteiger partial charge in [0.2, 0.25) is 0 Å². The molecule has 1 atom stereocenters. The number of ether oxygens (including phenoxy) is 2. The summed E-state index contributed by atoms with van der Waals surface area (Å²) < 4.78 is 16.4. The molecule has 1 aliphatic rings. The molecule has 0 radical (unpaired) electrons. The summed E-state index contributed by atoms with van der Waals surface area (Å²) in [5.41, 5.74) is 2.17. The number of likely N-dealkylation sites (N-methyl/N-ethyl adjacent to an activating group) is 1. The summed E-state index contributed by atoms with van der Waals surface area (Å²) in [5, 5.41) is 0.945. The molecule has 0 N–H and O–H groups in total. The molecule has 154 valence electrons. The van der Waals surface area contributed by atoms with E-state index in [-0.39, 0.29) is 5.63 Å². The molecule has 0 saturated carbocycles. The van der Waals surface area contributed by atoms with E-state index in [4.69, 9.17) is 13.9 Å². The molecule has 6 nitrogen and oxygen atoms in total. The highest BCUT2D eigenvalue weighted by atomic mass is 16.5. The molecular weight excluding hydrogens is 356 g/mol. The van der Waals surface area contributed by atoms with Crippen LogP contribution in [0.3, 0.4) is 0 Å². The van der Waals surface area contributed by atoms with Crippen molar-refractivity contribution in [3.05, 3.63) is 33.7 Å². The lowest BCUT2D eigenvalue weighted by Crippen LogP contribution is -2.45. The minimum absolute atomic E-state index is 0.243. The molecule has 1 aromatic carbocycles. The lowest BCUT2D eigenvalue weighted by atomic mass is 9.97. The zero-order valence-corrected chi connectivity index (χ0v) is 17.7. The second-order valence-electron chi connectivity index (χ2n) is 7.51. The highest BCUT2D eigenvalue weighted by molar-refractivity contribution is 5.85. The van der Waals surface area contributed by atoms with Crippen LogP contribution in [-0.4, -0.2) is 56.2 Å². The van der Waals surface area contributed by atoms with Gasteiger partial charge in [-0.1, -0.05) is 13.8 Å². The average molecular weight is 389 g/mol. The molecule has 0 saturated heterocycles. The number of hydrogen-bond acceptors (Lipinski definition) is 6. The summed E-state index contributed by atoms with van der Waals surface area (Å²) in [5.74, 6) is 1.22. The first-order chi connectivity index (χ1) is 13.5. The number of rotatable bonds is 8. The zero-order chi connectivity index (χ0) is 20.3. The van der Waals surface area contributed by atoms with Gasteiger partial charge in [-0.3, -0.25) is 9.80 Å². The largest absolute Gasteiger partial charge is 0.493 e. The third-order valence-corrected chi connectivity index (χ3v) is 5.75. The molecule has 0 spiro atoms. The Morgan fingerprint density at radius 2 is 1.89 bits per heavy atom. The Labute approximate surface area is 167 Å². The second-order valence-corrected chi connectivity index (χ2v) is 7.51. The number of methoxy groups -OCH3 is 2. The Morgan fingerprint density at radius 1 is 1.18 bits per heavy atom. The van der Waals surface area contributed by atoms with Gasteiger partial charge < -0.3 is 13.9 Å². The average Bonchev–Trinajstić information content (AvgIpc) is 2.71. The van der Waals surface area contributed by atoms with Crippen molar-refractivity contribution in [3.63, 3.8) is 0 Å². The van der Waals surface area contributed by atoms with Crippen LogP contribution < -0.4 is 15.1 Å². The summed E-state index contributed by atoms with van der Waals surface area (Å²) in [7, 11) is 3.20. The Morgan fingerprint density at radius 3 is 2.54 bits per heavy atom. The topological polar surface area (TPSA) is 55.2 Å². The van der Waals surface area contributed by atoms with Crippen LogP contribution in [0, 0.1) is 0 Å². The first kappa shape index (κ1) is 20.7. The summed E-state index contributed by atoms with van der Waals surface area (Å²) in [6, 6.07) is 4.13. The molecule has 1 unspecified atom stereocenters. The van der Waals surface area contributed by atoms with E-state index in [2.05, 4.69) is 30.6 Å². The van der Waals surface area contributed by atoms with Crippen molar-refractivity contribution in [3.8, 4) is 11.5 Å². The van der Waals surface area contributed by atoms with Gasteiger partial charge in [-0.15, -0.1) is 0 Å². The van der Waals surface area contributed by atoms with Gasteiger partial charge in [-0.05, 0) is 44.5 Å². The van der Waals surface area contributed by atoms with Gasteiger partial charge in [-0.25, -0.2) is 4.79 Å². The van der Waals surface area contributed by atoms with Crippen LogP contribution in [-0.2, 0) is 13.0 Å². The molecule has 3 rings (SSSR count). The molecule has 1 aromatic heterocycles. The summed E-state index contributed by atoms with van der Waals surface area (Å²) in [4.78, 5) is 17.5. The first-order valence-corrected chi connectivity index (χ1v) is 10.2. The van der Waals surface area contributed by atoms with Crippen LogP contribution in [0.25, 0.3) is 11.0 Å². The molecule has 0 bridgehead atoms. The highest BCUT2D eigenvalue weighted by Crippen LogP contribution is 2.35. The normalized spacial score (nSPS) is 15.6. The standard InChI is InChI=1S/C22H32N2O4/c1-6-9-24(7-2)15(3)13-23-10-8-16-17-11-20(26-4)21(27-5)12-19(17)28-22(25)18(16)14-23/h11-12,15H,6-10,13-14H2,1-5H3. The predicted octanol–water partition coefficient (Wildman–Crippen LogP) is 3.29. The molecule has 2 aromatic rings. The number of benzene rings is 1.